The zero-order chi connectivity index (χ0) is 15.5. The fourth-order valence-electron chi connectivity index (χ4n) is 3.70. The molecule has 0 atom stereocenters. The third kappa shape index (κ3) is 7.64. The van der Waals surface area contributed by atoms with Crippen molar-refractivity contribution in [2.75, 3.05) is 0 Å². The minimum atomic E-state index is -2.35. The molecule has 128 valence electrons. The van der Waals surface area contributed by atoms with Gasteiger partial charge in [-0.25, -0.2) is 0 Å². The van der Waals surface area contributed by atoms with E-state index in [9.17, 15) is 4.80 Å². The Morgan fingerprint density at radius 2 is 0.682 bits per heavy atom. The maximum atomic E-state index is 11.2. The Morgan fingerprint density at radius 3 is 0.727 bits per heavy atom. The second-order valence-corrected chi connectivity index (χ2v) is 14.3. The van der Waals surface area contributed by atoms with Gasteiger partial charge in [0, 0.05) is 0 Å². The molecule has 0 aromatic carbocycles. The van der Waals surface area contributed by atoms with Crippen molar-refractivity contribution in [3.05, 3.63) is 47.0 Å². The van der Waals surface area contributed by atoms with E-state index < -0.39 is 8.32 Å². The summed E-state index contributed by atoms with van der Waals surface area (Å²) in [6.07, 6.45) is 10.0. The molecule has 0 bridgehead atoms. The van der Waals surface area contributed by atoms with Gasteiger partial charge >= 0.3 is 21.7 Å². The summed E-state index contributed by atoms with van der Waals surface area (Å²) in [4.78, 5) is 11.2. The van der Waals surface area contributed by atoms with Gasteiger partial charge in [0.05, 0.1) is 0 Å². The molecular formula is C19H39OSiTi+. The van der Waals surface area contributed by atoms with E-state index in [1.165, 1.54) is 0 Å². The predicted octanol–water partition coefficient (Wildman–Crippen LogP) is 6.24. The summed E-state index contributed by atoms with van der Waals surface area (Å²) >= 11 is 0. The van der Waals surface area contributed by atoms with Gasteiger partial charge in [-0.1, -0.05) is 62.3 Å². The van der Waals surface area contributed by atoms with Gasteiger partial charge in [-0.3, -0.25) is 0 Å². The van der Waals surface area contributed by atoms with Crippen LogP contribution in [0.5, 0.6) is 0 Å². The third-order valence-corrected chi connectivity index (χ3v) is 10.3. The van der Waals surface area contributed by atoms with Crippen molar-refractivity contribution >= 4 is 8.32 Å². The second kappa shape index (κ2) is 10.7. The monoisotopic (exact) mass is 359 g/mol. The third-order valence-electron chi connectivity index (χ3n) is 3.81. The summed E-state index contributed by atoms with van der Waals surface area (Å²) in [5.74, 6) is 0. The minimum absolute atomic E-state index is 0. The molecule has 0 aromatic heterocycles. The van der Waals surface area contributed by atoms with Crippen LogP contribution < -0.4 is 0 Å². The number of hydrogen-bond acceptors (Lipinski definition) is 1. The first-order valence-corrected chi connectivity index (χ1v) is 9.09. The van der Waals surface area contributed by atoms with E-state index in [2.05, 4.69) is 62.3 Å². The molecule has 1 N–H and O–H groups in total. The molecule has 3 heteroatoms. The molecule has 0 spiro atoms. The van der Waals surface area contributed by atoms with E-state index in [0.29, 0.717) is 0 Å². The van der Waals surface area contributed by atoms with Crippen LogP contribution in [0.3, 0.4) is 0 Å². The summed E-state index contributed by atoms with van der Waals surface area (Å²) in [6.45, 7) is 19.6. The van der Waals surface area contributed by atoms with Gasteiger partial charge in [0.25, 0.3) is 0 Å². The fourth-order valence-corrected chi connectivity index (χ4v) is 10.4. The summed E-state index contributed by atoms with van der Waals surface area (Å²) in [5.41, 5.74) is 0. The van der Waals surface area contributed by atoms with Gasteiger partial charge in [-0.2, -0.15) is 0 Å². The average Bonchev–Trinajstić information content (AvgIpc) is 2.68. The fraction of sp³-hybridized carbons (Fsp3) is 0.632. The maximum Gasteiger partial charge on any atom is 3.00 e. The van der Waals surface area contributed by atoms with Crippen LogP contribution in [-0.4, -0.2) is 13.1 Å². The van der Waals surface area contributed by atoms with E-state index in [-0.39, 0.29) is 51.7 Å². The van der Waals surface area contributed by atoms with Gasteiger partial charge in [0.15, 0.2) is 0 Å². The Hall–Kier alpha value is 0.891. The summed E-state index contributed by atoms with van der Waals surface area (Å²) in [7, 11) is -2.35. The Bertz CT molecular complexity index is 221. The van der Waals surface area contributed by atoms with Gasteiger partial charge in [0.2, 0.25) is 8.32 Å². The van der Waals surface area contributed by atoms with Crippen LogP contribution in [0.2, 0.25) is 15.1 Å². The normalized spacial score (nSPS) is 15.5. The Labute approximate surface area is 159 Å². The zero-order valence-corrected chi connectivity index (χ0v) is 19.4. The Balaban J connectivity index is -0.000000173. The van der Waals surface area contributed by atoms with Crippen molar-refractivity contribution in [3.63, 3.8) is 0 Å². The van der Waals surface area contributed by atoms with Crippen molar-refractivity contribution < 1.29 is 26.5 Å². The maximum absolute atomic E-state index is 11.2. The number of hydrogen-bond donors (Lipinski definition) is 1. The Morgan fingerprint density at radius 1 is 0.545 bits per heavy atom. The molecule has 22 heavy (non-hydrogen) atoms. The van der Waals surface area contributed by atoms with Crippen molar-refractivity contribution in [2.45, 2.75) is 77.4 Å². The SMILES string of the molecule is CC(C)(C)[Si](O)(C(C)(C)C)C(C)(C)C.[CH3-].[CH3-].[CH]1[CH][CH][CH][CH]1.[Ti+3]. The summed E-state index contributed by atoms with van der Waals surface area (Å²) in [6, 6.07) is 0. The van der Waals surface area contributed by atoms with Crippen LogP contribution in [-0.2, 0) is 21.7 Å². The Kier molecular flexibility index (Phi) is 14.9. The first kappa shape index (κ1) is 30.7. The largest absolute Gasteiger partial charge is 3.00 e. The van der Waals surface area contributed by atoms with Gasteiger partial charge in [-0.15, -0.1) is 0 Å². The molecule has 1 saturated carbocycles. The standard InChI is InChI=1S/C12H28OSi.C5H5.2CH3.Ti/c1-10(2,3)14(13,11(4,5)6)12(7,8)9;1-2-4-5-3-1;;;/h13H,1-9H3;1-5H;2*1H3;/q;;2*-1;+3. The first-order chi connectivity index (χ1) is 8.25. The predicted molar refractivity (Wildman–Crippen MR) is 101 cm³/mol. The van der Waals surface area contributed by atoms with E-state index in [1.807, 2.05) is 32.1 Å². The van der Waals surface area contributed by atoms with Crippen LogP contribution in [0, 0.1) is 47.0 Å². The smallest absolute Gasteiger partial charge is 0.430 e. The van der Waals surface area contributed by atoms with Crippen LogP contribution in [0.25, 0.3) is 0 Å². The van der Waals surface area contributed by atoms with E-state index >= 15 is 0 Å². The van der Waals surface area contributed by atoms with Crippen LogP contribution >= 0.6 is 0 Å². The molecule has 1 nitrogen and oxygen atoms in total. The van der Waals surface area contributed by atoms with E-state index in [1.54, 1.807) is 0 Å². The van der Waals surface area contributed by atoms with Crippen LogP contribution in [0.4, 0.5) is 0 Å². The van der Waals surface area contributed by atoms with Crippen molar-refractivity contribution in [2.24, 2.45) is 0 Å². The molecule has 0 heterocycles. The van der Waals surface area contributed by atoms with E-state index in [0.717, 1.165) is 0 Å². The van der Waals surface area contributed by atoms with Gasteiger partial charge in [0.1, 0.15) is 0 Å². The van der Waals surface area contributed by atoms with Crippen molar-refractivity contribution in [1.29, 1.82) is 0 Å². The van der Waals surface area contributed by atoms with Gasteiger partial charge in [-0.05, 0) is 47.2 Å². The average molecular weight is 359 g/mol. The quantitative estimate of drug-likeness (QED) is 0.401. The molecule has 0 aliphatic heterocycles. The molecule has 1 fully saturated rings. The van der Waals surface area contributed by atoms with E-state index in [4.69, 9.17) is 0 Å². The summed E-state index contributed by atoms with van der Waals surface area (Å²) in [5, 5.41) is 0.0521. The summed E-state index contributed by atoms with van der Waals surface area (Å²) < 4.78 is 0. The minimum Gasteiger partial charge on any atom is -0.430 e. The molecule has 0 unspecified atom stereocenters. The molecule has 1 aliphatic carbocycles. The topological polar surface area (TPSA) is 20.2 Å². The molecule has 1 rings (SSSR count). The molecule has 0 amide bonds. The van der Waals surface area contributed by atoms with Crippen LogP contribution in [0.1, 0.15) is 62.3 Å². The molecule has 1 aliphatic rings. The van der Waals surface area contributed by atoms with Crippen LogP contribution in [0.15, 0.2) is 0 Å². The molecular weight excluding hydrogens is 320 g/mol. The van der Waals surface area contributed by atoms with Crippen molar-refractivity contribution in [3.8, 4) is 0 Å². The molecule has 0 saturated heterocycles. The molecule has 6 radical (unpaired) electrons. The van der Waals surface area contributed by atoms with Crippen molar-refractivity contribution in [1.82, 2.24) is 0 Å². The zero-order valence-electron chi connectivity index (χ0n) is 16.8. The van der Waals surface area contributed by atoms with Gasteiger partial charge < -0.3 is 19.6 Å². The first-order valence-electron chi connectivity index (χ1n) is 7.14. The number of rotatable bonds is 0. The molecule has 0 aromatic rings. The second-order valence-electron chi connectivity index (χ2n) is 8.42.